The Hall–Kier alpha value is -5.59. The molecule has 1 aliphatic heterocycles. The fourth-order valence-corrected chi connectivity index (χ4v) is 9.60. The van der Waals surface area contributed by atoms with Gasteiger partial charge in [-0.3, -0.25) is 4.57 Å². The van der Waals surface area contributed by atoms with Gasteiger partial charge >= 0.3 is 0 Å². The summed E-state index contributed by atoms with van der Waals surface area (Å²) in [6, 6.07) is 42.7. The quantitative estimate of drug-likeness (QED) is 0.192. The standard InChI is InChI=1S/C41H27N3O2S/c1-41(2)31-13-6-3-12-28(31)39-38-32(41)14-9-15-33(38)42-40(43-39)44-34-16-7-4-10-26(34)29-22-24(18-20-35(29)44)25-19-21-37-30(23-25)27-11-5-8-17-36(27)47(37,45)46/h3-23H,1-2H3. The van der Waals surface area contributed by atoms with Crippen LogP contribution in [0.25, 0.3) is 72.2 Å². The summed E-state index contributed by atoms with van der Waals surface area (Å²) < 4.78 is 28.6. The second-order valence-electron chi connectivity index (χ2n) is 13.0. The molecule has 224 valence electrons. The average molecular weight is 626 g/mol. The maximum atomic E-state index is 13.2. The Morgan fingerprint density at radius 1 is 0.574 bits per heavy atom. The van der Waals surface area contributed by atoms with Crippen LogP contribution in [0.3, 0.4) is 0 Å². The molecule has 0 atom stereocenters. The second-order valence-corrected chi connectivity index (χ2v) is 14.9. The van der Waals surface area contributed by atoms with E-state index in [0.29, 0.717) is 15.7 Å². The topological polar surface area (TPSA) is 64.8 Å². The number of rotatable bonds is 2. The molecule has 47 heavy (non-hydrogen) atoms. The SMILES string of the molecule is CC1(C)c2ccccc2-c2nc(-n3c4ccccc4c4cc(-c5ccc6c(c5)-c5ccccc5S6(=O)=O)ccc43)nc3cccc1c23. The molecular weight excluding hydrogens is 599 g/mol. The molecule has 0 spiro atoms. The largest absolute Gasteiger partial charge is 0.278 e. The Kier molecular flexibility index (Phi) is 5.11. The lowest BCUT2D eigenvalue weighted by molar-refractivity contribution is 0.598. The van der Waals surface area contributed by atoms with E-state index in [1.54, 1.807) is 18.2 Å². The number of fused-ring (bicyclic) bond motifs is 8. The van der Waals surface area contributed by atoms with Gasteiger partial charge in [0, 0.05) is 38.3 Å². The van der Waals surface area contributed by atoms with Crippen LogP contribution >= 0.6 is 0 Å². The van der Waals surface area contributed by atoms with Crippen molar-refractivity contribution in [1.82, 2.24) is 14.5 Å². The van der Waals surface area contributed by atoms with E-state index in [4.69, 9.17) is 9.97 Å². The molecule has 0 bridgehead atoms. The van der Waals surface area contributed by atoms with E-state index in [9.17, 15) is 8.42 Å². The van der Waals surface area contributed by atoms with E-state index < -0.39 is 9.84 Å². The minimum Gasteiger partial charge on any atom is -0.278 e. The molecule has 0 amide bonds. The highest BCUT2D eigenvalue weighted by molar-refractivity contribution is 7.92. The van der Waals surface area contributed by atoms with Gasteiger partial charge in [0.15, 0.2) is 0 Å². The summed E-state index contributed by atoms with van der Waals surface area (Å²) in [4.78, 5) is 11.3. The highest BCUT2D eigenvalue weighted by Gasteiger charge is 2.35. The van der Waals surface area contributed by atoms with Gasteiger partial charge in [0.2, 0.25) is 15.8 Å². The summed E-state index contributed by atoms with van der Waals surface area (Å²) >= 11 is 0. The zero-order valence-electron chi connectivity index (χ0n) is 25.7. The molecule has 8 aromatic rings. The zero-order chi connectivity index (χ0) is 31.7. The van der Waals surface area contributed by atoms with Gasteiger partial charge in [0.25, 0.3) is 0 Å². The Balaban J connectivity index is 1.20. The molecule has 6 aromatic carbocycles. The number of hydrogen-bond donors (Lipinski definition) is 0. The normalized spacial score (nSPS) is 15.1. The van der Waals surface area contributed by atoms with E-state index >= 15 is 0 Å². The highest BCUT2D eigenvalue weighted by atomic mass is 32.2. The van der Waals surface area contributed by atoms with E-state index in [1.807, 2.05) is 24.3 Å². The van der Waals surface area contributed by atoms with E-state index in [0.717, 1.165) is 66.2 Å². The lowest BCUT2D eigenvalue weighted by Crippen LogP contribution is -2.24. The number of aromatic nitrogens is 3. The molecule has 5 nitrogen and oxygen atoms in total. The molecule has 10 rings (SSSR count). The molecule has 0 saturated heterocycles. The van der Waals surface area contributed by atoms with Crippen molar-refractivity contribution in [1.29, 1.82) is 0 Å². The monoisotopic (exact) mass is 625 g/mol. The minimum absolute atomic E-state index is 0.166. The third kappa shape index (κ3) is 3.45. The number of sulfone groups is 1. The lowest BCUT2D eigenvalue weighted by atomic mass is 9.70. The first-order valence-electron chi connectivity index (χ1n) is 15.8. The van der Waals surface area contributed by atoms with Crippen molar-refractivity contribution in [3.8, 4) is 39.5 Å². The third-order valence-electron chi connectivity index (χ3n) is 10.2. The van der Waals surface area contributed by atoms with Gasteiger partial charge in [-0.2, -0.15) is 0 Å². The number of para-hydroxylation sites is 1. The van der Waals surface area contributed by atoms with Crippen LogP contribution in [0.15, 0.2) is 137 Å². The summed E-state index contributed by atoms with van der Waals surface area (Å²) in [7, 11) is -3.52. The molecule has 0 N–H and O–H groups in total. The molecule has 0 saturated carbocycles. The molecular formula is C41H27N3O2S. The van der Waals surface area contributed by atoms with E-state index in [1.165, 1.54) is 11.1 Å². The van der Waals surface area contributed by atoms with Gasteiger partial charge in [-0.05, 0) is 64.7 Å². The van der Waals surface area contributed by atoms with Crippen LogP contribution in [0.4, 0.5) is 0 Å². The van der Waals surface area contributed by atoms with Gasteiger partial charge < -0.3 is 0 Å². The third-order valence-corrected chi connectivity index (χ3v) is 12.1. The van der Waals surface area contributed by atoms with Crippen LogP contribution in [0, 0.1) is 0 Å². The Morgan fingerprint density at radius 2 is 1.26 bits per heavy atom. The van der Waals surface area contributed by atoms with Gasteiger partial charge in [-0.1, -0.05) is 98.8 Å². The number of benzene rings is 6. The highest BCUT2D eigenvalue weighted by Crippen LogP contribution is 2.48. The van der Waals surface area contributed by atoms with Gasteiger partial charge in [0.05, 0.1) is 32.0 Å². The first-order valence-corrected chi connectivity index (χ1v) is 17.2. The Labute approximate surface area is 271 Å². The maximum absolute atomic E-state index is 13.2. The van der Waals surface area contributed by atoms with Gasteiger partial charge in [-0.15, -0.1) is 0 Å². The van der Waals surface area contributed by atoms with E-state index in [2.05, 4.69) is 103 Å². The predicted molar refractivity (Wildman–Crippen MR) is 188 cm³/mol. The maximum Gasteiger partial charge on any atom is 0.235 e. The summed E-state index contributed by atoms with van der Waals surface area (Å²) in [5.74, 6) is 0.637. The van der Waals surface area contributed by atoms with Gasteiger partial charge in [0.1, 0.15) is 0 Å². The summed E-state index contributed by atoms with van der Waals surface area (Å²) in [5.41, 5.74) is 10.9. The van der Waals surface area contributed by atoms with Crippen LogP contribution < -0.4 is 0 Å². The predicted octanol–water partition coefficient (Wildman–Crippen LogP) is 9.51. The van der Waals surface area contributed by atoms with Crippen molar-refractivity contribution in [3.63, 3.8) is 0 Å². The molecule has 0 fully saturated rings. The van der Waals surface area contributed by atoms with Crippen molar-refractivity contribution in [2.24, 2.45) is 0 Å². The fraction of sp³-hybridized carbons (Fsp3) is 0.0732. The molecule has 2 aliphatic rings. The molecule has 2 aromatic heterocycles. The average Bonchev–Trinajstić information content (AvgIpc) is 3.55. The smallest absolute Gasteiger partial charge is 0.235 e. The van der Waals surface area contributed by atoms with Crippen molar-refractivity contribution in [3.05, 3.63) is 139 Å². The van der Waals surface area contributed by atoms with Gasteiger partial charge in [-0.25, -0.2) is 18.4 Å². The lowest BCUT2D eigenvalue weighted by Gasteiger charge is -2.34. The second kappa shape index (κ2) is 9.02. The zero-order valence-corrected chi connectivity index (χ0v) is 26.5. The van der Waals surface area contributed by atoms with Crippen LogP contribution in [0.2, 0.25) is 0 Å². The van der Waals surface area contributed by atoms with E-state index in [-0.39, 0.29) is 5.41 Å². The Bertz CT molecular complexity index is 2790. The fourth-order valence-electron chi connectivity index (χ4n) is 7.93. The molecule has 0 radical (unpaired) electrons. The minimum atomic E-state index is -3.52. The van der Waals surface area contributed by atoms with Crippen molar-refractivity contribution >= 4 is 42.5 Å². The summed E-state index contributed by atoms with van der Waals surface area (Å²) in [6.45, 7) is 4.56. The van der Waals surface area contributed by atoms with Crippen LogP contribution in [0.1, 0.15) is 25.0 Å². The van der Waals surface area contributed by atoms with Crippen molar-refractivity contribution in [2.75, 3.05) is 0 Å². The number of hydrogen-bond acceptors (Lipinski definition) is 4. The Morgan fingerprint density at radius 3 is 2.15 bits per heavy atom. The number of nitrogens with zero attached hydrogens (tertiary/aromatic N) is 3. The van der Waals surface area contributed by atoms with Crippen LogP contribution in [0.5, 0.6) is 0 Å². The van der Waals surface area contributed by atoms with Crippen molar-refractivity contribution < 1.29 is 8.42 Å². The molecule has 6 heteroatoms. The summed E-state index contributed by atoms with van der Waals surface area (Å²) in [5, 5.41) is 3.30. The van der Waals surface area contributed by atoms with Crippen LogP contribution in [-0.4, -0.2) is 23.0 Å². The molecule has 0 unspecified atom stereocenters. The first-order chi connectivity index (χ1) is 22.8. The first kappa shape index (κ1) is 26.6. The molecule has 3 heterocycles. The summed E-state index contributed by atoms with van der Waals surface area (Å²) in [6.07, 6.45) is 0. The molecule has 1 aliphatic carbocycles. The van der Waals surface area contributed by atoms with Crippen LogP contribution in [-0.2, 0) is 15.3 Å². The van der Waals surface area contributed by atoms with Crippen molar-refractivity contribution in [2.45, 2.75) is 29.1 Å².